The molecule has 6 heterocycles. The summed E-state index contributed by atoms with van der Waals surface area (Å²) in [5.41, 5.74) is 14.4. The van der Waals surface area contributed by atoms with Gasteiger partial charge in [0.2, 0.25) is 0 Å². The Morgan fingerprint density at radius 2 is 1.21 bits per heavy atom. The third kappa shape index (κ3) is 5.34. The van der Waals surface area contributed by atoms with Gasteiger partial charge in [-0.25, -0.2) is 0 Å². The molecule has 0 N–H and O–H groups in total. The lowest BCUT2D eigenvalue weighted by Gasteiger charge is -2.38. The maximum atomic E-state index is 4.86. The Bertz CT molecular complexity index is 2620. The van der Waals surface area contributed by atoms with Crippen LogP contribution in [0.5, 0.6) is 0 Å². The minimum absolute atomic E-state index is 0.0910. The first-order chi connectivity index (χ1) is 26.1. The highest BCUT2D eigenvalue weighted by molar-refractivity contribution is 6.06. The molecular weight excluding hydrogens is 649 g/mol. The lowest BCUT2D eigenvalue weighted by Crippen LogP contribution is -2.42. The number of pyridine rings is 3. The number of dihydropyridines is 1. The summed E-state index contributed by atoms with van der Waals surface area (Å²) in [7, 11) is 0. The van der Waals surface area contributed by atoms with Gasteiger partial charge in [-0.15, -0.1) is 0 Å². The molecule has 6 heteroatoms. The van der Waals surface area contributed by atoms with Crippen molar-refractivity contribution in [1.29, 1.82) is 0 Å². The van der Waals surface area contributed by atoms with Gasteiger partial charge in [0.15, 0.2) is 0 Å². The van der Waals surface area contributed by atoms with Crippen molar-refractivity contribution in [2.75, 3.05) is 4.90 Å². The maximum absolute atomic E-state index is 4.86. The molecule has 0 amide bonds. The van der Waals surface area contributed by atoms with E-state index in [-0.39, 0.29) is 11.6 Å². The first-order valence-electron chi connectivity index (χ1n) is 18.2. The van der Waals surface area contributed by atoms with E-state index in [2.05, 4.69) is 161 Å². The average molecular weight is 685 g/mol. The molecule has 2 aliphatic heterocycles. The van der Waals surface area contributed by atoms with E-state index in [1.54, 1.807) is 0 Å². The molecule has 0 fully saturated rings. The predicted molar refractivity (Wildman–Crippen MR) is 215 cm³/mol. The van der Waals surface area contributed by atoms with E-state index in [9.17, 15) is 0 Å². The molecule has 0 bridgehead atoms. The highest BCUT2D eigenvalue weighted by Gasteiger charge is 2.47. The molecule has 10 rings (SSSR count). The van der Waals surface area contributed by atoms with Crippen LogP contribution < -0.4 is 4.90 Å². The topological polar surface area (TPSA) is 59.2 Å². The van der Waals surface area contributed by atoms with Gasteiger partial charge in [0, 0.05) is 52.8 Å². The number of allylic oxidation sites excluding steroid dienone is 1. The van der Waals surface area contributed by atoms with Crippen molar-refractivity contribution in [3.05, 3.63) is 192 Å². The molecule has 4 aromatic carbocycles. The number of fused-ring (bicyclic) bond motifs is 6. The van der Waals surface area contributed by atoms with Gasteiger partial charge in [-0.2, -0.15) is 0 Å². The lowest BCUT2D eigenvalue weighted by atomic mass is 9.88. The molecule has 0 saturated carbocycles. The van der Waals surface area contributed by atoms with Crippen molar-refractivity contribution in [2.45, 2.75) is 31.3 Å². The quantitative estimate of drug-likeness (QED) is 0.168. The fourth-order valence-electron chi connectivity index (χ4n) is 8.23. The van der Waals surface area contributed by atoms with Crippen molar-refractivity contribution in [2.24, 2.45) is 4.99 Å². The Balaban J connectivity index is 0.810. The average Bonchev–Trinajstić information content (AvgIpc) is 3.68. The number of rotatable bonds is 7. The Morgan fingerprint density at radius 1 is 0.585 bits per heavy atom. The van der Waals surface area contributed by atoms with Crippen LogP contribution in [0, 0.1) is 0 Å². The third-order valence-corrected chi connectivity index (χ3v) is 10.8. The molecular formula is C47H36N6. The summed E-state index contributed by atoms with van der Waals surface area (Å²) in [4.78, 5) is 21.6. The molecule has 0 spiro atoms. The van der Waals surface area contributed by atoms with Gasteiger partial charge in [-0.1, -0.05) is 78.9 Å². The van der Waals surface area contributed by atoms with E-state index in [1.807, 2.05) is 30.9 Å². The fraction of sp³-hybridized carbons (Fsp3) is 0.106. The van der Waals surface area contributed by atoms with Crippen LogP contribution in [0.1, 0.15) is 40.8 Å². The summed E-state index contributed by atoms with van der Waals surface area (Å²) in [6, 6.07) is 47.5. The lowest BCUT2D eigenvalue weighted by molar-refractivity contribution is 0.494. The van der Waals surface area contributed by atoms with Gasteiger partial charge in [0.1, 0.15) is 6.04 Å². The van der Waals surface area contributed by atoms with Crippen LogP contribution in [0.25, 0.3) is 39.0 Å². The molecule has 254 valence electrons. The largest absolute Gasteiger partial charge is 0.329 e. The Labute approximate surface area is 308 Å². The molecule has 53 heavy (non-hydrogen) atoms. The van der Waals surface area contributed by atoms with Gasteiger partial charge in [0.25, 0.3) is 0 Å². The predicted octanol–water partition coefficient (Wildman–Crippen LogP) is 10.4. The zero-order valence-corrected chi connectivity index (χ0v) is 29.3. The SMILES string of the molecule is CC12C=CC=NC1c1ccccc1N2c1ccc(Cc2ccc(-c3ccc(Cc4ccc(-n5c6ccccc6c6ncccc65)cc4)cn3)nc2)cc1. The zero-order valence-electron chi connectivity index (χ0n) is 29.3. The summed E-state index contributed by atoms with van der Waals surface area (Å²) >= 11 is 0. The van der Waals surface area contributed by atoms with Crippen molar-refractivity contribution in [1.82, 2.24) is 19.5 Å². The van der Waals surface area contributed by atoms with Gasteiger partial charge in [0.05, 0.1) is 33.5 Å². The van der Waals surface area contributed by atoms with Gasteiger partial charge in [-0.3, -0.25) is 19.9 Å². The van der Waals surface area contributed by atoms with Crippen LogP contribution in [0.3, 0.4) is 0 Å². The van der Waals surface area contributed by atoms with Gasteiger partial charge < -0.3 is 9.47 Å². The summed E-state index contributed by atoms with van der Waals surface area (Å²) in [5, 5.41) is 1.17. The van der Waals surface area contributed by atoms with E-state index in [0.29, 0.717) is 0 Å². The standard InChI is InChI=1S/C47H36N6/c1-47-25-7-27-49-46(47)39-9-3-5-11-43(39)53(47)37-21-15-33(16-22-37)29-35-18-24-41(51-31-35)40-23-17-34(30-50-40)28-32-13-19-36(20-14-32)52-42-10-4-2-8-38(42)45-44(52)12-6-26-48-45/h2-27,30-31,46H,28-29H2,1H3. The number of hydrogen-bond donors (Lipinski definition) is 0. The molecule has 8 aromatic rings. The van der Waals surface area contributed by atoms with Crippen molar-refractivity contribution >= 4 is 39.5 Å². The second-order valence-corrected chi connectivity index (χ2v) is 14.2. The Kier molecular flexibility index (Phi) is 7.35. The number of aliphatic imine (C=N–C) groups is 1. The van der Waals surface area contributed by atoms with E-state index in [0.717, 1.165) is 52.0 Å². The highest BCUT2D eigenvalue weighted by atomic mass is 15.3. The first kappa shape index (κ1) is 31.1. The number of hydrogen-bond acceptors (Lipinski definition) is 5. The molecule has 0 radical (unpaired) electrons. The highest BCUT2D eigenvalue weighted by Crippen LogP contribution is 2.53. The number of nitrogens with zero attached hydrogens (tertiary/aromatic N) is 6. The van der Waals surface area contributed by atoms with Crippen LogP contribution in [0.15, 0.2) is 169 Å². The van der Waals surface area contributed by atoms with Crippen LogP contribution >= 0.6 is 0 Å². The Morgan fingerprint density at radius 3 is 1.91 bits per heavy atom. The molecule has 6 nitrogen and oxygen atoms in total. The van der Waals surface area contributed by atoms with E-state index in [4.69, 9.17) is 15.0 Å². The number of para-hydroxylation sites is 2. The maximum Gasteiger partial charge on any atom is 0.104 e. The molecule has 2 unspecified atom stereocenters. The first-order valence-corrected chi connectivity index (χ1v) is 18.2. The van der Waals surface area contributed by atoms with E-state index < -0.39 is 0 Å². The third-order valence-electron chi connectivity index (χ3n) is 10.8. The van der Waals surface area contributed by atoms with Crippen LogP contribution in [0.4, 0.5) is 11.4 Å². The Hall–Kier alpha value is -6.66. The number of benzene rings is 4. The molecule has 0 saturated heterocycles. The number of aromatic nitrogens is 4. The fourth-order valence-corrected chi connectivity index (χ4v) is 8.23. The summed E-state index contributed by atoms with van der Waals surface area (Å²) in [6.45, 7) is 2.28. The molecule has 2 atom stereocenters. The number of anilines is 2. The van der Waals surface area contributed by atoms with Gasteiger partial charge in [-0.05, 0) is 109 Å². The second-order valence-electron chi connectivity index (χ2n) is 14.2. The zero-order chi connectivity index (χ0) is 35.4. The van der Waals surface area contributed by atoms with Crippen LogP contribution in [0.2, 0.25) is 0 Å². The second kappa shape index (κ2) is 12.5. The summed E-state index contributed by atoms with van der Waals surface area (Å²) < 4.78 is 2.29. The monoisotopic (exact) mass is 684 g/mol. The van der Waals surface area contributed by atoms with E-state index >= 15 is 0 Å². The van der Waals surface area contributed by atoms with E-state index in [1.165, 1.54) is 39.0 Å². The summed E-state index contributed by atoms with van der Waals surface area (Å²) in [6.07, 6.45) is 13.7. The molecule has 2 aliphatic rings. The molecule has 0 aliphatic carbocycles. The molecule has 4 aromatic heterocycles. The van der Waals surface area contributed by atoms with Crippen LogP contribution in [-0.4, -0.2) is 31.3 Å². The normalized spacial score (nSPS) is 17.4. The van der Waals surface area contributed by atoms with Crippen molar-refractivity contribution in [3.63, 3.8) is 0 Å². The summed E-state index contributed by atoms with van der Waals surface area (Å²) in [5.74, 6) is 0. The van der Waals surface area contributed by atoms with Crippen molar-refractivity contribution < 1.29 is 0 Å². The minimum Gasteiger partial charge on any atom is -0.329 e. The smallest absolute Gasteiger partial charge is 0.104 e. The minimum atomic E-state index is -0.231. The van der Waals surface area contributed by atoms with Crippen LogP contribution in [-0.2, 0) is 12.8 Å². The van der Waals surface area contributed by atoms with Gasteiger partial charge >= 0.3 is 0 Å². The van der Waals surface area contributed by atoms with Crippen molar-refractivity contribution in [3.8, 4) is 17.1 Å².